The van der Waals surface area contributed by atoms with E-state index in [4.69, 9.17) is 4.42 Å². The van der Waals surface area contributed by atoms with E-state index in [1.807, 2.05) is 6.92 Å². The summed E-state index contributed by atoms with van der Waals surface area (Å²) in [7, 11) is 0. The number of aromatic nitrogens is 2. The minimum atomic E-state index is -0.833. The van der Waals surface area contributed by atoms with Gasteiger partial charge in [-0.3, -0.25) is 4.79 Å². The second kappa shape index (κ2) is 7.49. The Morgan fingerprint density at radius 2 is 2.21 bits per heavy atom. The van der Waals surface area contributed by atoms with Crippen LogP contribution in [0.1, 0.15) is 39.0 Å². The smallest absolute Gasteiger partial charge is 0.323 e. The zero-order chi connectivity index (χ0) is 14.3. The van der Waals surface area contributed by atoms with Gasteiger partial charge < -0.3 is 14.8 Å². The Hall–Kier alpha value is -1.08. The lowest BCUT2D eigenvalue weighted by Crippen LogP contribution is -2.49. The molecule has 2 N–H and O–H groups in total. The molecule has 0 saturated carbocycles. The van der Waals surface area contributed by atoms with Crippen molar-refractivity contribution in [3.8, 4) is 0 Å². The maximum Gasteiger partial charge on any atom is 0.323 e. The minimum Gasteiger partial charge on any atom is -0.480 e. The van der Waals surface area contributed by atoms with Gasteiger partial charge in [0.1, 0.15) is 5.54 Å². The van der Waals surface area contributed by atoms with E-state index in [2.05, 4.69) is 15.5 Å². The number of carboxylic acids is 1. The molecule has 0 fully saturated rings. The molecule has 108 valence electrons. The predicted molar refractivity (Wildman–Crippen MR) is 73.3 cm³/mol. The first kappa shape index (κ1) is 16.0. The Balaban J connectivity index is 2.24. The summed E-state index contributed by atoms with van der Waals surface area (Å²) < 4.78 is 5.24. The number of rotatable bonds is 9. The third-order valence-electron chi connectivity index (χ3n) is 2.84. The number of hydrogen-bond donors (Lipinski definition) is 2. The van der Waals surface area contributed by atoms with Gasteiger partial charge in [0.2, 0.25) is 5.89 Å². The third-order valence-corrected chi connectivity index (χ3v) is 3.75. The van der Waals surface area contributed by atoms with Crippen molar-refractivity contribution in [1.29, 1.82) is 0 Å². The number of nitrogens with one attached hydrogen (secondary N) is 1. The quantitative estimate of drug-likeness (QED) is 0.531. The summed E-state index contributed by atoms with van der Waals surface area (Å²) in [5.41, 5.74) is -0.833. The zero-order valence-electron chi connectivity index (χ0n) is 11.6. The Kier molecular flexibility index (Phi) is 6.30. The lowest BCUT2D eigenvalue weighted by Gasteiger charge is -2.25. The number of aryl methyl sites for hydroxylation is 1. The van der Waals surface area contributed by atoms with E-state index in [0.717, 1.165) is 18.6 Å². The lowest BCUT2D eigenvalue weighted by atomic mass is 9.95. The van der Waals surface area contributed by atoms with Crippen LogP contribution in [0, 0.1) is 6.92 Å². The molecule has 6 nitrogen and oxygen atoms in total. The molecular formula is C12H21N3O3S. The molecule has 1 rings (SSSR count). The fourth-order valence-corrected chi connectivity index (χ4v) is 2.54. The van der Waals surface area contributed by atoms with Crippen molar-refractivity contribution in [2.75, 3.05) is 12.3 Å². The summed E-state index contributed by atoms with van der Waals surface area (Å²) >= 11 is 1.51. The highest BCUT2D eigenvalue weighted by atomic mass is 32.2. The largest absolute Gasteiger partial charge is 0.480 e. The first-order chi connectivity index (χ1) is 8.98. The zero-order valence-corrected chi connectivity index (χ0v) is 12.4. The van der Waals surface area contributed by atoms with Crippen LogP contribution < -0.4 is 5.32 Å². The highest BCUT2D eigenvalue weighted by Crippen LogP contribution is 2.20. The van der Waals surface area contributed by atoms with Crippen LogP contribution >= 0.6 is 11.8 Å². The van der Waals surface area contributed by atoms with Gasteiger partial charge in [-0.1, -0.05) is 25.1 Å². The molecule has 0 aliphatic rings. The van der Waals surface area contributed by atoms with Gasteiger partial charge in [-0.15, -0.1) is 10.2 Å². The van der Waals surface area contributed by atoms with Crippen molar-refractivity contribution >= 4 is 17.7 Å². The summed E-state index contributed by atoms with van der Waals surface area (Å²) in [4.78, 5) is 11.2. The molecule has 0 aliphatic carbocycles. The van der Waals surface area contributed by atoms with Crippen LogP contribution in [-0.2, 0) is 4.79 Å². The molecule has 1 aromatic rings. The molecule has 0 amide bonds. The fraction of sp³-hybridized carbons (Fsp3) is 0.750. The third kappa shape index (κ3) is 5.20. The number of hydrogen-bond acceptors (Lipinski definition) is 6. The number of carboxylic acid groups (broad SMARTS) is 1. The standard InChI is InChI=1S/C12H21N3O3S/c1-4-13-12(3,10(16)17)7-5-6-8-19-11-15-14-9(2)18-11/h13H,4-8H2,1-3H3,(H,16,17). The molecule has 0 aliphatic heterocycles. The van der Waals surface area contributed by atoms with Crippen LogP contribution in [0.25, 0.3) is 0 Å². The van der Waals surface area contributed by atoms with Gasteiger partial charge in [-0.25, -0.2) is 0 Å². The van der Waals surface area contributed by atoms with Crippen molar-refractivity contribution < 1.29 is 14.3 Å². The molecule has 0 spiro atoms. The van der Waals surface area contributed by atoms with Crippen LogP contribution in [0.4, 0.5) is 0 Å². The summed E-state index contributed by atoms with van der Waals surface area (Å²) in [6, 6.07) is 0. The highest BCUT2D eigenvalue weighted by Gasteiger charge is 2.30. The van der Waals surface area contributed by atoms with Gasteiger partial charge in [0.15, 0.2) is 0 Å². The van der Waals surface area contributed by atoms with Crippen LogP contribution in [-0.4, -0.2) is 39.1 Å². The Labute approximate surface area is 117 Å². The summed E-state index contributed by atoms with van der Waals surface area (Å²) in [6.07, 6.45) is 2.37. The van der Waals surface area contributed by atoms with Crippen LogP contribution in [0.3, 0.4) is 0 Å². The Bertz CT molecular complexity index is 411. The average molecular weight is 287 g/mol. The van der Waals surface area contributed by atoms with E-state index >= 15 is 0 Å². The molecule has 1 heterocycles. The molecule has 0 saturated heterocycles. The lowest BCUT2D eigenvalue weighted by molar-refractivity contribution is -0.144. The molecule has 0 radical (unpaired) electrons. The van der Waals surface area contributed by atoms with Gasteiger partial charge in [0.05, 0.1) is 0 Å². The van der Waals surface area contributed by atoms with Crippen molar-refractivity contribution in [2.45, 2.75) is 50.8 Å². The Morgan fingerprint density at radius 1 is 1.47 bits per heavy atom. The molecule has 0 aromatic carbocycles. The van der Waals surface area contributed by atoms with Crippen LogP contribution in [0.2, 0.25) is 0 Å². The van der Waals surface area contributed by atoms with Crippen LogP contribution in [0.5, 0.6) is 0 Å². The second-order valence-electron chi connectivity index (χ2n) is 4.56. The van der Waals surface area contributed by atoms with Gasteiger partial charge in [0, 0.05) is 12.7 Å². The SMILES string of the molecule is CCNC(C)(CCCCSc1nnc(C)o1)C(=O)O. The van der Waals surface area contributed by atoms with Crippen molar-refractivity contribution in [1.82, 2.24) is 15.5 Å². The fourth-order valence-electron chi connectivity index (χ4n) is 1.74. The minimum absolute atomic E-state index is 0.563. The first-order valence-electron chi connectivity index (χ1n) is 6.39. The van der Waals surface area contributed by atoms with E-state index in [9.17, 15) is 9.90 Å². The van der Waals surface area contributed by atoms with Crippen LogP contribution in [0.15, 0.2) is 9.64 Å². The molecule has 1 atom stereocenters. The summed E-state index contributed by atoms with van der Waals surface area (Å²) in [5, 5.41) is 20.4. The summed E-state index contributed by atoms with van der Waals surface area (Å²) in [5.74, 6) is 0.617. The molecular weight excluding hydrogens is 266 g/mol. The predicted octanol–water partition coefficient (Wildman–Crippen LogP) is 2.09. The highest BCUT2D eigenvalue weighted by molar-refractivity contribution is 7.99. The van der Waals surface area contributed by atoms with Crippen molar-refractivity contribution in [3.05, 3.63) is 5.89 Å². The van der Waals surface area contributed by atoms with E-state index < -0.39 is 11.5 Å². The molecule has 0 bridgehead atoms. The van der Waals surface area contributed by atoms with Crippen molar-refractivity contribution in [3.63, 3.8) is 0 Å². The molecule has 7 heteroatoms. The normalized spacial score (nSPS) is 14.3. The number of unbranched alkanes of at least 4 members (excludes halogenated alkanes) is 1. The number of thioether (sulfide) groups is 1. The maximum absolute atomic E-state index is 11.2. The van der Waals surface area contributed by atoms with E-state index in [0.29, 0.717) is 24.1 Å². The number of nitrogens with zero attached hydrogens (tertiary/aromatic N) is 2. The van der Waals surface area contributed by atoms with Gasteiger partial charge in [0.25, 0.3) is 5.22 Å². The van der Waals surface area contributed by atoms with E-state index in [1.165, 1.54) is 11.8 Å². The van der Waals surface area contributed by atoms with Gasteiger partial charge >= 0.3 is 5.97 Å². The average Bonchev–Trinajstić information content (AvgIpc) is 2.75. The molecule has 19 heavy (non-hydrogen) atoms. The summed E-state index contributed by atoms with van der Waals surface area (Å²) in [6.45, 7) is 6.05. The monoisotopic (exact) mass is 287 g/mol. The Morgan fingerprint density at radius 3 is 2.74 bits per heavy atom. The number of aliphatic carboxylic acids is 1. The van der Waals surface area contributed by atoms with Gasteiger partial charge in [-0.2, -0.15) is 0 Å². The second-order valence-corrected chi connectivity index (χ2v) is 5.61. The molecule has 1 aromatic heterocycles. The van der Waals surface area contributed by atoms with E-state index in [1.54, 1.807) is 13.8 Å². The topological polar surface area (TPSA) is 88.3 Å². The first-order valence-corrected chi connectivity index (χ1v) is 7.38. The van der Waals surface area contributed by atoms with Crippen molar-refractivity contribution in [2.24, 2.45) is 0 Å². The maximum atomic E-state index is 11.2. The number of carbonyl (C=O) groups is 1. The van der Waals surface area contributed by atoms with Gasteiger partial charge in [-0.05, 0) is 26.3 Å². The van der Waals surface area contributed by atoms with E-state index in [-0.39, 0.29) is 0 Å². The molecule has 1 unspecified atom stereocenters. The number of likely N-dealkylation sites (N-methyl/N-ethyl adjacent to an activating group) is 1.